The van der Waals surface area contributed by atoms with Gasteiger partial charge >= 0.3 is 0 Å². The molecule has 0 fully saturated rings. The first-order chi connectivity index (χ1) is 6.43. The van der Waals surface area contributed by atoms with Crippen LogP contribution in [0.4, 0.5) is 10.2 Å². The highest BCUT2D eigenvalue weighted by molar-refractivity contribution is 5.49. The molecule has 0 spiro atoms. The lowest BCUT2D eigenvalue weighted by Gasteiger charge is -2.11. The van der Waals surface area contributed by atoms with Crippen LogP contribution in [-0.2, 0) is 12.1 Å². The van der Waals surface area contributed by atoms with Gasteiger partial charge in [-0.05, 0) is 33.6 Å². The zero-order chi connectivity index (χ0) is 10.5. The lowest BCUT2D eigenvalue weighted by molar-refractivity contribution is 0.195. The largest absolute Gasteiger partial charge is 0.382 e. The quantitative estimate of drug-likeness (QED) is 0.749. The molecule has 0 radical (unpaired) electrons. The molecule has 4 heteroatoms. The molecule has 1 aliphatic carbocycles. The van der Waals surface area contributed by atoms with Crippen LogP contribution in [-0.4, -0.2) is 9.78 Å². The third-order valence-corrected chi connectivity index (χ3v) is 2.88. The second-order valence-corrected chi connectivity index (χ2v) is 4.44. The maximum absolute atomic E-state index is 14.0. The van der Waals surface area contributed by atoms with Gasteiger partial charge in [0.1, 0.15) is 5.67 Å². The summed E-state index contributed by atoms with van der Waals surface area (Å²) in [7, 11) is 0. The minimum Gasteiger partial charge on any atom is -0.382 e. The minimum absolute atomic E-state index is 0.245. The van der Waals surface area contributed by atoms with Crippen LogP contribution in [0.5, 0.6) is 0 Å². The Balaban J connectivity index is 2.58. The maximum Gasteiger partial charge on any atom is 0.152 e. The maximum atomic E-state index is 14.0. The summed E-state index contributed by atoms with van der Waals surface area (Å²) in [5.74, 6) is 0.358. The van der Waals surface area contributed by atoms with E-state index in [1.807, 2.05) is 18.5 Å². The molecular weight excluding hydrogens is 181 g/mol. The smallest absolute Gasteiger partial charge is 0.152 e. The van der Waals surface area contributed by atoms with Crippen molar-refractivity contribution in [3.05, 3.63) is 11.3 Å². The number of rotatable bonds is 1. The molecule has 1 aliphatic rings. The van der Waals surface area contributed by atoms with Crippen LogP contribution in [0.15, 0.2) is 0 Å². The topological polar surface area (TPSA) is 43.8 Å². The number of anilines is 1. The summed E-state index contributed by atoms with van der Waals surface area (Å²) in [6, 6.07) is 0.245. The van der Waals surface area contributed by atoms with Crippen molar-refractivity contribution in [3.63, 3.8) is 0 Å². The highest BCUT2D eigenvalue weighted by Gasteiger charge is 2.40. The van der Waals surface area contributed by atoms with Gasteiger partial charge in [0.05, 0.1) is 5.56 Å². The summed E-state index contributed by atoms with van der Waals surface area (Å²) in [5, 5.41) is 4.18. The summed E-state index contributed by atoms with van der Waals surface area (Å²) < 4.78 is 15.9. The Morgan fingerprint density at radius 1 is 1.57 bits per heavy atom. The van der Waals surface area contributed by atoms with Gasteiger partial charge in [0.15, 0.2) is 5.82 Å². The Morgan fingerprint density at radius 2 is 2.21 bits per heavy atom. The molecule has 0 aliphatic heterocycles. The van der Waals surface area contributed by atoms with Gasteiger partial charge in [-0.2, -0.15) is 5.10 Å². The van der Waals surface area contributed by atoms with Crippen molar-refractivity contribution in [3.8, 4) is 0 Å². The van der Waals surface area contributed by atoms with Gasteiger partial charge in [-0.15, -0.1) is 0 Å². The summed E-state index contributed by atoms with van der Waals surface area (Å²) in [6.07, 6.45) is 1.27. The van der Waals surface area contributed by atoms with Crippen molar-refractivity contribution >= 4 is 5.82 Å². The number of hydrogen-bond donors (Lipinski definition) is 1. The Hall–Kier alpha value is -1.06. The summed E-state index contributed by atoms with van der Waals surface area (Å²) in [4.78, 5) is 0. The predicted molar refractivity (Wildman–Crippen MR) is 53.8 cm³/mol. The highest BCUT2D eigenvalue weighted by Crippen LogP contribution is 2.43. The van der Waals surface area contributed by atoms with Gasteiger partial charge in [0, 0.05) is 11.7 Å². The molecule has 1 atom stereocenters. The van der Waals surface area contributed by atoms with Crippen molar-refractivity contribution in [1.29, 1.82) is 0 Å². The molecular formula is C10H16FN3. The number of hydrogen-bond acceptors (Lipinski definition) is 2. The first kappa shape index (κ1) is 9.49. The fourth-order valence-corrected chi connectivity index (χ4v) is 2.20. The zero-order valence-electron chi connectivity index (χ0n) is 8.84. The lowest BCUT2D eigenvalue weighted by Crippen LogP contribution is -2.11. The average molecular weight is 197 g/mol. The van der Waals surface area contributed by atoms with Gasteiger partial charge in [-0.3, -0.25) is 4.68 Å². The van der Waals surface area contributed by atoms with E-state index in [4.69, 9.17) is 5.73 Å². The Labute approximate surface area is 83.1 Å². The van der Waals surface area contributed by atoms with Gasteiger partial charge < -0.3 is 5.73 Å². The Kier molecular flexibility index (Phi) is 1.84. The van der Waals surface area contributed by atoms with E-state index in [-0.39, 0.29) is 6.04 Å². The monoisotopic (exact) mass is 197 g/mol. The van der Waals surface area contributed by atoms with Crippen molar-refractivity contribution in [2.45, 2.75) is 45.3 Å². The molecule has 0 bridgehead atoms. The van der Waals surface area contributed by atoms with E-state index in [1.54, 1.807) is 6.92 Å². The predicted octanol–water partition coefficient (Wildman–Crippen LogP) is 2.18. The van der Waals surface area contributed by atoms with Crippen molar-refractivity contribution < 1.29 is 4.39 Å². The fourth-order valence-electron chi connectivity index (χ4n) is 2.20. The number of alkyl halides is 1. The van der Waals surface area contributed by atoms with Crippen LogP contribution in [0.25, 0.3) is 0 Å². The molecule has 2 N–H and O–H groups in total. The highest BCUT2D eigenvalue weighted by atomic mass is 19.1. The van der Waals surface area contributed by atoms with Gasteiger partial charge in [-0.1, -0.05) is 0 Å². The van der Waals surface area contributed by atoms with E-state index < -0.39 is 5.67 Å². The molecule has 78 valence electrons. The van der Waals surface area contributed by atoms with E-state index in [0.717, 1.165) is 12.1 Å². The second kappa shape index (κ2) is 2.72. The third kappa shape index (κ3) is 1.13. The van der Waals surface area contributed by atoms with Gasteiger partial charge in [0.2, 0.25) is 0 Å². The molecule has 3 nitrogen and oxygen atoms in total. The summed E-state index contributed by atoms with van der Waals surface area (Å²) in [6.45, 7) is 5.64. The Bertz CT molecular complexity index is 366. The molecule has 0 saturated heterocycles. The van der Waals surface area contributed by atoms with E-state index in [9.17, 15) is 4.39 Å². The number of halogens is 1. The number of nitrogens with zero attached hydrogens (tertiary/aromatic N) is 2. The van der Waals surface area contributed by atoms with Gasteiger partial charge in [0.25, 0.3) is 0 Å². The molecule has 2 rings (SSSR count). The molecule has 0 saturated carbocycles. The number of nitrogen functional groups attached to an aromatic ring is 1. The van der Waals surface area contributed by atoms with E-state index in [1.165, 1.54) is 0 Å². The van der Waals surface area contributed by atoms with E-state index in [0.29, 0.717) is 17.8 Å². The van der Waals surface area contributed by atoms with Crippen molar-refractivity contribution in [2.24, 2.45) is 0 Å². The number of aromatic nitrogens is 2. The fraction of sp³-hybridized carbons (Fsp3) is 0.700. The van der Waals surface area contributed by atoms with Crippen molar-refractivity contribution in [1.82, 2.24) is 9.78 Å². The molecule has 1 unspecified atom stereocenters. The first-order valence-electron chi connectivity index (χ1n) is 4.99. The molecule has 14 heavy (non-hydrogen) atoms. The molecule has 0 amide bonds. The normalized spacial score (nSPS) is 25.8. The van der Waals surface area contributed by atoms with Crippen LogP contribution in [0.2, 0.25) is 0 Å². The minimum atomic E-state index is -1.29. The van der Waals surface area contributed by atoms with Crippen LogP contribution in [0.1, 0.15) is 44.5 Å². The van der Waals surface area contributed by atoms with E-state index >= 15 is 0 Å². The standard InChI is InChI=1S/C10H16FN3/c1-6(2)14-7-4-5-10(3,11)8(7)9(12)13-14/h6H,4-5H2,1-3H3,(H2,12,13). The average Bonchev–Trinajstić information content (AvgIpc) is 2.53. The first-order valence-corrected chi connectivity index (χ1v) is 4.99. The molecule has 1 aromatic rings. The van der Waals surface area contributed by atoms with Crippen molar-refractivity contribution in [2.75, 3.05) is 5.73 Å². The zero-order valence-corrected chi connectivity index (χ0v) is 8.84. The molecule has 1 aromatic heterocycles. The molecule has 1 heterocycles. The number of fused-ring (bicyclic) bond motifs is 1. The lowest BCUT2D eigenvalue weighted by atomic mass is 10.0. The Morgan fingerprint density at radius 3 is 2.79 bits per heavy atom. The van der Waals surface area contributed by atoms with Gasteiger partial charge in [-0.25, -0.2) is 4.39 Å². The summed E-state index contributed by atoms with van der Waals surface area (Å²) >= 11 is 0. The summed E-state index contributed by atoms with van der Waals surface area (Å²) in [5.41, 5.74) is 6.04. The second-order valence-electron chi connectivity index (χ2n) is 4.44. The van der Waals surface area contributed by atoms with Crippen LogP contribution < -0.4 is 5.73 Å². The SMILES string of the molecule is CC(C)n1nc(N)c2c1CCC2(C)F. The van der Waals surface area contributed by atoms with Crippen LogP contribution >= 0.6 is 0 Å². The number of nitrogens with two attached hydrogens (primary N) is 1. The van der Waals surface area contributed by atoms with Crippen LogP contribution in [0.3, 0.4) is 0 Å². The molecule has 0 aromatic carbocycles. The van der Waals surface area contributed by atoms with E-state index in [2.05, 4.69) is 5.10 Å². The van der Waals surface area contributed by atoms with Crippen LogP contribution in [0, 0.1) is 0 Å². The third-order valence-electron chi connectivity index (χ3n) is 2.88.